The molecule has 0 bridgehead atoms. The Morgan fingerprint density at radius 2 is 1.68 bits per heavy atom. The highest BCUT2D eigenvalue weighted by molar-refractivity contribution is 7.94. The van der Waals surface area contributed by atoms with Crippen molar-refractivity contribution in [2.75, 3.05) is 58.3 Å². The number of hydrogen-bond acceptors (Lipinski definition) is 7. The van der Waals surface area contributed by atoms with Crippen molar-refractivity contribution in [1.29, 1.82) is 0 Å². The average molecular weight is 598 g/mol. The molecule has 5 rings (SSSR count). The number of benzene rings is 3. The molecule has 0 aliphatic carbocycles. The van der Waals surface area contributed by atoms with E-state index in [1.54, 1.807) is 48.5 Å². The zero-order chi connectivity index (χ0) is 29.0. The normalized spacial score (nSPS) is 17.6. The van der Waals surface area contributed by atoms with Crippen molar-refractivity contribution in [1.82, 2.24) is 4.90 Å². The fourth-order valence-corrected chi connectivity index (χ4v) is 7.05. The standard InChI is InChI=1S/C29H32FN5O4S2/c1-21-6-12-24(13-7-21)41(38,39)35-26-5-3-2-4-25(26)32-29(37)27(35)20-28(36)31-22-8-10-23(11-9-22)34-16-14-33(15-17-34)18-19-40-30/h2-13,27H,14-20H2,1H3,(H,31,36)(H,32,37). The highest BCUT2D eigenvalue weighted by atomic mass is 32.2. The number of sulfonamides is 1. The van der Waals surface area contributed by atoms with Crippen molar-refractivity contribution < 1.29 is 21.9 Å². The van der Waals surface area contributed by atoms with Crippen molar-refractivity contribution in [2.24, 2.45) is 0 Å². The number of para-hydroxylation sites is 2. The summed E-state index contributed by atoms with van der Waals surface area (Å²) in [5.41, 5.74) is 3.13. The summed E-state index contributed by atoms with van der Waals surface area (Å²) in [6.45, 7) is 5.95. The van der Waals surface area contributed by atoms with E-state index in [0.717, 1.165) is 48.3 Å². The molecule has 0 aromatic heterocycles. The summed E-state index contributed by atoms with van der Waals surface area (Å²) in [5, 5.41) is 5.55. The third-order valence-electron chi connectivity index (χ3n) is 7.31. The SMILES string of the molecule is Cc1ccc(S(=O)(=O)N2c3ccccc3NC(=O)C2CC(=O)Nc2ccc(N3CCN(CCSF)CC3)cc2)cc1. The van der Waals surface area contributed by atoms with Gasteiger partial charge in [0, 0.05) is 62.0 Å². The van der Waals surface area contributed by atoms with Crippen LogP contribution in [0.1, 0.15) is 12.0 Å². The quantitative estimate of drug-likeness (QED) is 0.380. The summed E-state index contributed by atoms with van der Waals surface area (Å²) in [7, 11) is -4.16. The van der Waals surface area contributed by atoms with Gasteiger partial charge in [-0.2, -0.15) is 3.89 Å². The van der Waals surface area contributed by atoms with Gasteiger partial charge in [0.25, 0.3) is 10.0 Å². The number of hydrogen-bond donors (Lipinski definition) is 2. The molecule has 216 valence electrons. The van der Waals surface area contributed by atoms with Gasteiger partial charge in [0.2, 0.25) is 11.8 Å². The lowest BCUT2D eigenvalue weighted by Gasteiger charge is -2.36. The summed E-state index contributed by atoms with van der Waals surface area (Å²) >= 11 is 0.363. The Hall–Kier alpha value is -3.61. The van der Waals surface area contributed by atoms with Gasteiger partial charge in [-0.05, 0) is 55.5 Å². The molecule has 2 aliphatic heterocycles. The summed E-state index contributed by atoms with van der Waals surface area (Å²) in [5.74, 6) is -0.589. The topological polar surface area (TPSA) is 102 Å². The molecule has 0 saturated carbocycles. The first-order valence-corrected chi connectivity index (χ1v) is 15.7. The van der Waals surface area contributed by atoms with E-state index >= 15 is 0 Å². The van der Waals surface area contributed by atoms with Crippen LogP contribution < -0.4 is 19.8 Å². The lowest BCUT2D eigenvalue weighted by Crippen LogP contribution is -2.52. The number of nitrogens with one attached hydrogen (secondary N) is 2. The van der Waals surface area contributed by atoms with E-state index in [-0.39, 0.29) is 11.3 Å². The summed E-state index contributed by atoms with van der Waals surface area (Å²) < 4.78 is 41.1. The number of anilines is 4. The van der Waals surface area contributed by atoms with Gasteiger partial charge in [-0.25, -0.2) is 8.42 Å². The van der Waals surface area contributed by atoms with Gasteiger partial charge >= 0.3 is 0 Å². The second kappa shape index (κ2) is 12.5. The van der Waals surface area contributed by atoms with E-state index in [1.165, 1.54) is 12.1 Å². The van der Waals surface area contributed by atoms with Crippen LogP contribution in [0.4, 0.5) is 26.6 Å². The van der Waals surface area contributed by atoms with Gasteiger partial charge in [0.1, 0.15) is 6.04 Å². The van der Waals surface area contributed by atoms with Crippen molar-refractivity contribution in [3.8, 4) is 0 Å². The van der Waals surface area contributed by atoms with E-state index in [4.69, 9.17) is 0 Å². The number of halogens is 1. The van der Waals surface area contributed by atoms with E-state index in [0.29, 0.717) is 35.0 Å². The number of nitrogens with zero attached hydrogens (tertiary/aromatic N) is 3. The smallest absolute Gasteiger partial charge is 0.265 e. The van der Waals surface area contributed by atoms with Crippen molar-refractivity contribution in [3.63, 3.8) is 0 Å². The molecular formula is C29H32FN5O4S2. The molecule has 1 fully saturated rings. The van der Waals surface area contributed by atoms with Crippen LogP contribution in [0.25, 0.3) is 0 Å². The molecule has 2 heterocycles. The van der Waals surface area contributed by atoms with Crippen LogP contribution in [0.3, 0.4) is 0 Å². The summed E-state index contributed by atoms with van der Waals surface area (Å²) in [6, 6.07) is 19.2. The van der Waals surface area contributed by atoms with Gasteiger partial charge in [-0.3, -0.25) is 18.8 Å². The molecule has 12 heteroatoms. The molecular weight excluding hydrogens is 565 g/mol. The molecule has 41 heavy (non-hydrogen) atoms. The summed E-state index contributed by atoms with van der Waals surface area (Å²) in [4.78, 5) is 30.8. The maximum atomic E-state index is 13.8. The minimum Gasteiger partial charge on any atom is -0.369 e. The van der Waals surface area contributed by atoms with E-state index in [9.17, 15) is 21.9 Å². The van der Waals surface area contributed by atoms with Gasteiger partial charge in [0.15, 0.2) is 0 Å². The van der Waals surface area contributed by atoms with Gasteiger partial charge in [0.05, 0.1) is 22.7 Å². The Morgan fingerprint density at radius 1 is 1.00 bits per heavy atom. The zero-order valence-electron chi connectivity index (χ0n) is 22.6. The zero-order valence-corrected chi connectivity index (χ0v) is 24.3. The van der Waals surface area contributed by atoms with E-state index in [2.05, 4.69) is 20.4 Å². The number of fused-ring (bicyclic) bond motifs is 1. The highest BCUT2D eigenvalue weighted by Gasteiger charge is 2.42. The summed E-state index contributed by atoms with van der Waals surface area (Å²) in [6.07, 6.45) is -0.369. The van der Waals surface area contributed by atoms with Gasteiger partial charge in [-0.1, -0.05) is 29.8 Å². The van der Waals surface area contributed by atoms with Gasteiger partial charge in [-0.15, -0.1) is 0 Å². The number of amides is 2. The Labute approximate surface area is 244 Å². The molecule has 3 aromatic rings. The molecule has 0 spiro atoms. The predicted octanol–water partition coefficient (Wildman–Crippen LogP) is 4.28. The fraction of sp³-hybridized carbons (Fsp3) is 0.310. The molecule has 2 amide bonds. The monoisotopic (exact) mass is 597 g/mol. The van der Waals surface area contributed by atoms with Gasteiger partial charge < -0.3 is 15.5 Å². The maximum Gasteiger partial charge on any atom is 0.265 e. The van der Waals surface area contributed by atoms with Crippen molar-refractivity contribution in [2.45, 2.75) is 24.3 Å². The van der Waals surface area contributed by atoms with Crippen LogP contribution in [0.5, 0.6) is 0 Å². The van der Waals surface area contributed by atoms with Crippen LogP contribution in [0.2, 0.25) is 0 Å². The molecule has 3 aromatic carbocycles. The van der Waals surface area contributed by atoms with Crippen molar-refractivity contribution in [3.05, 3.63) is 78.4 Å². The van der Waals surface area contributed by atoms with Crippen LogP contribution in [0, 0.1) is 6.92 Å². The Bertz CT molecular complexity index is 1490. The molecule has 2 N–H and O–H groups in total. The molecule has 2 aliphatic rings. The molecule has 9 nitrogen and oxygen atoms in total. The number of carbonyl (C=O) groups is 2. The lowest BCUT2D eigenvalue weighted by molar-refractivity contribution is -0.122. The van der Waals surface area contributed by atoms with Crippen LogP contribution in [0.15, 0.2) is 77.7 Å². The van der Waals surface area contributed by atoms with Crippen LogP contribution in [-0.2, 0) is 19.6 Å². The highest BCUT2D eigenvalue weighted by Crippen LogP contribution is 2.37. The second-order valence-corrected chi connectivity index (χ2v) is 12.5. The van der Waals surface area contributed by atoms with Crippen molar-refractivity contribution >= 4 is 56.7 Å². The molecule has 1 atom stereocenters. The first kappa shape index (κ1) is 28.9. The minimum atomic E-state index is -4.16. The number of piperazine rings is 1. The first-order chi connectivity index (χ1) is 19.8. The lowest BCUT2D eigenvalue weighted by atomic mass is 10.1. The molecule has 1 unspecified atom stereocenters. The number of aryl methyl sites for hydroxylation is 1. The van der Waals surface area contributed by atoms with E-state index in [1.807, 2.05) is 19.1 Å². The minimum absolute atomic E-state index is 0.0377. The number of rotatable bonds is 9. The van der Waals surface area contributed by atoms with E-state index < -0.39 is 27.9 Å². The Balaban J connectivity index is 1.30. The largest absolute Gasteiger partial charge is 0.369 e. The molecule has 0 radical (unpaired) electrons. The third-order valence-corrected chi connectivity index (χ3v) is 9.49. The third kappa shape index (κ3) is 6.50. The average Bonchev–Trinajstić information content (AvgIpc) is 2.97. The Kier molecular flexibility index (Phi) is 8.81. The first-order valence-electron chi connectivity index (χ1n) is 13.4. The maximum absolute atomic E-state index is 13.8. The number of carbonyl (C=O) groups excluding carboxylic acids is 2. The fourth-order valence-electron chi connectivity index (χ4n) is 5.09. The van der Waals surface area contributed by atoms with Crippen LogP contribution in [-0.4, -0.2) is 69.7 Å². The van der Waals surface area contributed by atoms with Crippen LogP contribution >= 0.6 is 12.1 Å². The predicted molar refractivity (Wildman–Crippen MR) is 162 cm³/mol. The molecule has 1 saturated heterocycles. The second-order valence-electron chi connectivity index (χ2n) is 10.1. The Morgan fingerprint density at radius 3 is 2.37 bits per heavy atom.